The maximum Gasteiger partial charge on any atom is 0.0792 e. The summed E-state index contributed by atoms with van der Waals surface area (Å²) in [6, 6.07) is 0. The van der Waals surface area contributed by atoms with Crippen molar-refractivity contribution >= 4 is 11.8 Å². The molecule has 1 aliphatic rings. The van der Waals surface area contributed by atoms with Crippen molar-refractivity contribution in [2.24, 2.45) is 5.73 Å². The highest BCUT2D eigenvalue weighted by Gasteiger charge is 2.19. The third kappa shape index (κ3) is 4.17. The number of ether oxygens (including phenoxy) is 1. The minimum Gasteiger partial charge on any atom is -0.375 e. The second-order valence-electron chi connectivity index (χ2n) is 3.77. The molecule has 2 N–H and O–H groups in total. The highest BCUT2D eigenvalue weighted by Crippen LogP contribution is 2.15. The molecular formula is C10H22N2OS. The van der Waals surface area contributed by atoms with Gasteiger partial charge in [-0.15, -0.1) is 0 Å². The molecule has 14 heavy (non-hydrogen) atoms. The fourth-order valence-electron chi connectivity index (χ4n) is 1.51. The largest absolute Gasteiger partial charge is 0.375 e. The van der Waals surface area contributed by atoms with Crippen molar-refractivity contribution < 1.29 is 4.74 Å². The first-order valence-electron chi connectivity index (χ1n) is 5.41. The van der Waals surface area contributed by atoms with Gasteiger partial charge in [0.05, 0.1) is 12.7 Å². The van der Waals surface area contributed by atoms with Gasteiger partial charge in [0, 0.05) is 30.6 Å². The Morgan fingerprint density at radius 1 is 1.64 bits per heavy atom. The number of nitrogens with two attached hydrogens (primary N) is 1. The van der Waals surface area contributed by atoms with Crippen molar-refractivity contribution in [3.05, 3.63) is 0 Å². The molecule has 4 heteroatoms. The van der Waals surface area contributed by atoms with Crippen LogP contribution in [0.4, 0.5) is 0 Å². The molecule has 1 heterocycles. The average Bonchev–Trinajstić information content (AvgIpc) is 2.26. The van der Waals surface area contributed by atoms with E-state index in [0.717, 1.165) is 38.5 Å². The molecule has 1 fully saturated rings. The normalized spacial score (nSPS) is 26.4. The van der Waals surface area contributed by atoms with Crippen LogP contribution in [0.3, 0.4) is 0 Å². The molecule has 0 bridgehead atoms. The second-order valence-corrected chi connectivity index (χ2v) is 5.24. The van der Waals surface area contributed by atoms with Gasteiger partial charge in [0.25, 0.3) is 0 Å². The van der Waals surface area contributed by atoms with Crippen LogP contribution < -0.4 is 5.73 Å². The van der Waals surface area contributed by atoms with Gasteiger partial charge in [0.1, 0.15) is 0 Å². The first-order valence-corrected chi connectivity index (χ1v) is 6.46. The maximum absolute atomic E-state index is 5.70. The summed E-state index contributed by atoms with van der Waals surface area (Å²) >= 11 is 1.92. The van der Waals surface area contributed by atoms with Crippen LogP contribution in [-0.4, -0.2) is 54.8 Å². The van der Waals surface area contributed by atoms with E-state index in [-0.39, 0.29) is 0 Å². The lowest BCUT2D eigenvalue weighted by Crippen LogP contribution is -2.43. The molecule has 0 amide bonds. The Morgan fingerprint density at radius 2 is 2.43 bits per heavy atom. The lowest BCUT2D eigenvalue weighted by atomic mass is 10.3. The molecule has 2 atom stereocenters. The number of thioether (sulfide) groups is 1. The minimum atomic E-state index is 0.405. The number of morpholine rings is 1. The summed E-state index contributed by atoms with van der Waals surface area (Å²) in [5.74, 6) is 1.08. The van der Waals surface area contributed by atoms with Crippen molar-refractivity contribution in [2.45, 2.75) is 25.2 Å². The van der Waals surface area contributed by atoms with Gasteiger partial charge in [-0.1, -0.05) is 13.8 Å². The van der Waals surface area contributed by atoms with Crippen LogP contribution in [0.25, 0.3) is 0 Å². The van der Waals surface area contributed by atoms with Gasteiger partial charge >= 0.3 is 0 Å². The van der Waals surface area contributed by atoms with E-state index < -0.39 is 0 Å². The van der Waals surface area contributed by atoms with Crippen molar-refractivity contribution in [3.8, 4) is 0 Å². The Bertz CT molecular complexity index is 157. The zero-order valence-corrected chi connectivity index (χ0v) is 10.1. The zero-order chi connectivity index (χ0) is 10.4. The summed E-state index contributed by atoms with van der Waals surface area (Å²) in [4.78, 5) is 2.45. The van der Waals surface area contributed by atoms with E-state index in [9.17, 15) is 0 Å². The number of likely N-dealkylation sites (N-methyl/N-ethyl adjacent to an activating group) is 1. The molecule has 1 rings (SSSR count). The monoisotopic (exact) mass is 218 g/mol. The number of hydrogen-bond acceptors (Lipinski definition) is 4. The van der Waals surface area contributed by atoms with Gasteiger partial charge in [0.2, 0.25) is 0 Å². The van der Waals surface area contributed by atoms with Gasteiger partial charge in [-0.2, -0.15) is 11.8 Å². The number of nitrogens with zero attached hydrogens (tertiary/aromatic N) is 1. The molecule has 0 radical (unpaired) electrons. The molecular weight excluding hydrogens is 196 g/mol. The molecule has 3 nitrogen and oxygen atoms in total. The molecule has 0 spiro atoms. The lowest BCUT2D eigenvalue weighted by Gasteiger charge is -2.32. The summed E-state index contributed by atoms with van der Waals surface area (Å²) in [6.07, 6.45) is 0.405. The Labute approximate surface area is 91.4 Å². The summed E-state index contributed by atoms with van der Waals surface area (Å²) in [7, 11) is 0. The van der Waals surface area contributed by atoms with E-state index in [4.69, 9.17) is 10.5 Å². The Hall–Kier alpha value is 0.230. The number of hydrogen-bond donors (Lipinski definition) is 1. The van der Waals surface area contributed by atoms with Crippen LogP contribution in [0.1, 0.15) is 13.8 Å². The van der Waals surface area contributed by atoms with E-state index >= 15 is 0 Å². The van der Waals surface area contributed by atoms with Gasteiger partial charge in [-0.05, 0) is 6.54 Å². The van der Waals surface area contributed by atoms with Crippen LogP contribution in [0.2, 0.25) is 0 Å². The SMILES string of the molecule is CCN1CCOC(CSC(C)CN)C1. The highest BCUT2D eigenvalue weighted by atomic mass is 32.2. The van der Waals surface area contributed by atoms with E-state index in [1.165, 1.54) is 0 Å². The van der Waals surface area contributed by atoms with Crippen LogP contribution in [0, 0.1) is 0 Å². The Morgan fingerprint density at radius 3 is 3.07 bits per heavy atom. The van der Waals surface area contributed by atoms with Crippen LogP contribution >= 0.6 is 11.8 Å². The summed E-state index contributed by atoms with van der Waals surface area (Å²) < 4.78 is 5.70. The van der Waals surface area contributed by atoms with Crippen molar-refractivity contribution in [1.29, 1.82) is 0 Å². The van der Waals surface area contributed by atoms with Gasteiger partial charge in [0.15, 0.2) is 0 Å². The number of rotatable bonds is 5. The first kappa shape index (κ1) is 12.3. The third-order valence-corrected chi connectivity index (χ3v) is 3.89. The van der Waals surface area contributed by atoms with E-state index in [0.29, 0.717) is 11.4 Å². The predicted molar refractivity (Wildman–Crippen MR) is 62.8 cm³/mol. The molecule has 0 saturated carbocycles. The summed E-state index contributed by atoms with van der Waals surface area (Å²) in [5, 5.41) is 0.551. The van der Waals surface area contributed by atoms with Crippen molar-refractivity contribution in [3.63, 3.8) is 0 Å². The topological polar surface area (TPSA) is 38.5 Å². The average molecular weight is 218 g/mol. The molecule has 0 aromatic carbocycles. The lowest BCUT2D eigenvalue weighted by molar-refractivity contribution is -0.0137. The molecule has 2 unspecified atom stereocenters. The van der Waals surface area contributed by atoms with E-state index in [1.807, 2.05) is 11.8 Å². The molecule has 0 aromatic heterocycles. The Balaban J connectivity index is 2.17. The summed E-state index contributed by atoms with van der Waals surface area (Å²) in [6.45, 7) is 9.33. The van der Waals surface area contributed by atoms with E-state index in [1.54, 1.807) is 0 Å². The van der Waals surface area contributed by atoms with Crippen LogP contribution in [-0.2, 0) is 4.74 Å². The van der Waals surface area contributed by atoms with Crippen molar-refractivity contribution in [2.75, 3.05) is 38.5 Å². The van der Waals surface area contributed by atoms with Crippen LogP contribution in [0.15, 0.2) is 0 Å². The zero-order valence-electron chi connectivity index (χ0n) is 9.24. The smallest absolute Gasteiger partial charge is 0.0792 e. The van der Waals surface area contributed by atoms with Gasteiger partial charge < -0.3 is 10.5 Å². The van der Waals surface area contributed by atoms with E-state index in [2.05, 4.69) is 18.7 Å². The maximum atomic E-state index is 5.70. The fraction of sp³-hybridized carbons (Fsp3) is 1.00. The van der Waals surface area contributed by atoms with Crippen LogP contribution in [0.5, 0.6) is 0 Å². The molecule has 1 aliphatic heterocycles. The molecule has 0 aliphatic carbocycles. The summed E-state index contributed by atoms with van der Waals surface area (Å²) in [5.41, 5.74) is 5.57. The first-order chi connectivity index (χ1) is 6.76. The Kier molecular flexibility index (Phi) is 5.86. The van der Waals surface area contributed by atoms with Gasteiger partial charge in [-0.3, -0.25) is 4.90 Å². The van der Waals surface area contributed by atoms with Gasteiger partial charge in [-0.25, -0.2) is 0 Å². The predicted octanol–water partition coefficient (Wildman–Crippen LogP) is 0.788. The molecule has 0 aromatic rings. The quantitative estimate of drug-likeness (QED) is 0.740. The second kappa shape index (κ2) is 6.67. The van der Waals surface area contributed by atoms with Crippen molar-refractivity contribution in [1.82, 2.24) is 4.90 Å². The fourth-order valence-corrected chi connectivity index (χ4v) is 2.39. The molecule has 1 saturated heterocycles. The highest BCUT2D eigenvalue weighted by molar-refractivity contribution is 7.99. The standard InChI is InChI=1S/C10H22N2OS/c1-3-12-4-5-13-10(7-12)8-14-9(2)6-11/h9-10H,3-8,11H2,1-2H3. The third-order valence-electron chi connectivity index (χ3n) is 2.57. The molecule has 84 valence electrons. The minimum absolute atomic E-state index is 0.405.